The van der Waals surface area contributed by atoms with Crippen molar-refractivity contribution < 1.29 is 9.84 Å². The highest BCUT2D eigenvalue weighted by molar-refractivity contribution is 5.89. The van der Waals surface area contributed by atoms with Crippen LogP contribution in [0, 0.1) is 0 Å². The third-order valence-electron chi connectivity index (χ3n) is 4.75. The summed E-state index contributed by atoms with van der Waals surface area (Å²) in [4.78, 5) is 0. The predicted molar refractivity (Wildman–Crippen MR) is 94.6 cm³/mol. The van der Waals surface area contributed by atoms with Crippen LogP contribution in [-0.2, 0) is 5.60 Å². The topological polar surface area (TPSA) is 29.5 Å². The Morgan fingerprint density at radius 3 is 2.48 bits per heavy atom. The van der Waals surface area contributed by atoms with E-state index in [1.54, 1.807) is 7.11 Å². The fourth-order valence-corrected chi connectivity index (χ4v) is 3.51. The van der Waals surface area contributed by atoms with Crippen LogP contribution in [0.5, 0.6) is 5.75 Å². The summed E-state index contributed by atoms with van der Waals surface area (Å²) < 4.78 is 5.40. The zero-order valence-corrected chi connectivity index (χ0v) is 14.1. The number of hydrogen-bond donors (Lipinski definition) is 1. The lowest BCUT2D eigenvalue weighted by molar-refractivity contribution is 0.0973. The Kier molecular flexibility index (Phi) is 4.27. The summed E-state index contributed by atoms with van der Waals surface area (Å²) in [6, 6.07) is 16.3. The van der Waals surface area contributed by atoms with E-state index in [4.69, 9.17) is 4.74 Å². The first-order valence-corrected chi connectivity index (χ1v) is 8.30. The number of rotatable bonds is 5. The van der Waals surface area contributed by atoms with Gasteiger partial charge in [0.25, 0.3) is 0 Å². The van der Waals surface area contributed by atoms with E-state index in [1.165, 1.54) is 0 Å². The Morgan fingerprint density at radius 1 is 1.09 bits per heavy atom. The summed E-state index contributed by atoms with van der Waals surface area (Å²) in [6.45, 7) is 4.10. The summed E-state index contributed by atoms with van der Waals surface area (Å²) in [5, 5.41) is 11.2. The molecule has 1 aliphatic rings. The molecule has 0 spiro atoms. The van der Waals surface area contributed by atoms with Crippen LogP contribution in [-0.4, -0.2) is 12.2 Å². The normalized spacial score (nSPS) is 19.8. The molecule has 120 valence electrons. The zero-order chi connectivity index (χ0) is 16.4. The van der Waals surface area contributed by atoms with Crippen molar-refractivity contribution in [2.45, 2.75) is 38.7 Å². The molecule has 2 heteroatoms. The van der Waals surface area contributed by atoms with E-state index in [0.717, 1.165) is 52.8 Å². The SMILES string of the molecule is CCCCC1=C(c2ccccc2)c2cc(OC)ccc2C1(C)O. The summed E-state index contributed by atoms with van der Waals surface area (Å²) >= 11 is 0. The first-order valence-electron chi connectivity index (χ1n) is 8.30. The molecule has 1 aliphatic carbocycles. The molecule has 0 radical (unpaired) electrons. The average molecular weight is 308 g/mol. The fraction of sp³-hybridized carbons (Fsp3) is 0.333. The van der Waals surface area contributed by atoms with E-state index in [9.17, 15) is 5.11 Å². The second-order valence-electron chi connectivity index (χ2n) is 6.31. The standard InChI is InChI=1S/C21H24O2/c1-4-5-11-19-20(15-9-7-6-8-10-15)17-14-16(23-3)12-13-18(17)21(19,2)22/h6-10,12-14,22H,4-5,11H2,1-3H3. The Hall–Kier alpha value is -2.06. The molecule has 1 atom stereocenters. The lowest BCUT2D eigenvalue weighted by Crippen LogP contribution is -2.21. The molecule has 0 aliphatic heterocycles. The van der Waals surface area contributed by atoms with Gasteiger partial charge in [-0.15, -0.1) is 0 Å². The van der Waals surface area contributed by atoms with Gasteiger partial charge in [0.2, 0.25) is 0 Å². The highest BCUT2D eigenvalue weighted by Gasteiger charge is 2.39. The Bertz CT molecular complexity index is 727. The summed E-state index contributed by atoms with van der Waals surface area (Å²) in [6.07, 6.45) is 3.10. The molecule has 0 fully saturated rings. The van der Waals surface area contributed by atoms with Gasteiger partial charge < -0.3 is 9.84 Å². The number of aliphatic hydroxyl groups is 1. The number of ether oxygens (including phenoxy) is 1. The maximum atomic E-state index is 11.2. The van der Waals surface area contributed by atoms with Crippen LogP contribution in [0.2, 0.25) is 0 Å². The lowest BCUT2D eigenvalue weighted by atomic mass is 9.88. The minimum absolute atomic E-state index is 0.824. The minimum Gasteiger partial charge on any atom is -0.497 e. The molecular formula is C21H24O2. The maximum Gasteiger partial charge on any atom is 0.119 e. The van der Waals surface area contributed by atoms with Crippen LogP contribution < -0.4 is 4.74 Å². The van der Waals surface area contributed by atoms with E-state index in [-0.39, 0.29) is 0 Å². The van der Waals surface area contributed by atoms with Crippen molar-refractivity contribution in [3.8, 4) is 5.75 Å². The number of unbranched alkanes of at least 4 members (excludes halogenated alkanes) is 1. The van der Waals surface area contributed by atoms with Crippen LogP contribution in [0.25, 0.3) is 5.57 Å². The summed E-state index contributed by atoms with van der Waals surface area (Å²) in [5.41, 5.74) is 4.59. The average Bonchev–Trinajstić information content (AvgIpc) is 2.80. The van der Waals surface area contributed by atoms with Crippen molar-refractivity contribution in [2.75, 3.05) is 7.11 Å². The third kappa shape index (κ3) is 2.68. The molecule has 0 heterocycles. The molecule has 2 aromatic carbocycles. The monoisotopic (exact) mass is 308 g/mol. The van der Waals surface area contributed by atoms with Crippen molar-refractivity contribution in [2.24, 2.45) is 0 Å². The molecule has 0 bridgehead atoms. The van der Waals surface area contributed by atoms with Gasteiger partial charge in [-0.05, 0) is 59.7 Å². The Balaban J connectivity index is 2.23. The number of fused-ring (bicyclic) bond motifs is 1. The lowest BCUT2D eigenvalue weighted by Gasteiger charge is -2.23. The largest absolute Gasteiger partial charge is 0.497 e. The third-order valence-corrected chi connectivity index (χ3v) is 4.75. The van der Waals surface area contributed by atoms with E-state index in [1.807, 2.05) is 43.3 Å². The van der Waals surface area contributed by atoms with Gasteiger partial charge in [0.05, 0.1) is 7.11 Å². The van der Waals surface area contributed by atoms with Crippen LogP contribution >= 0.6 is 0 Å². The van der Waals surface area contributed by atoms with Gasteiger partial charge in [-0.3, -0.25) is 0 Å². The second-order valence-corrected chi connectivity index (χ2v) is 6.31. The van der Waals surface area contributed by atoms with Crippen LogP contribution in [0.15, 0.2) is 54.1 Å². The van der Waals surface area contributed by atoms with Crippen molar-refractivity contribution >= 4 is 5.57 Å². The highest BCUT2D eigenvalue weighted by atomic mass is 16.5. The van der Waals surface area contributed by atoms with E-state index in [2.05, 4.69) is 19.1 Å². The highest BCUT2D eigenvalue weighted by Crippen LogP contribution is 2.49. The van der Waals surface area contributed by atoms with Gasteiger partial charge in [-0.1, -0.05) is 49.7 Å². The van der Waals surface area contributed by atoms with Gasteiger partial charge in [0.15, 0.2) is 0 Å². The zero-order valence-electron chi connectivity index (χ0n) is 14.1. The second kappa shape index (κ2) is 6.21. The molecule has 0 aromatic heterocycles. The minimum atomic E-state index is -0.915. The van der Waals surface area contributed by atoms with Crippen LogP contribution in [0.3, 0.4) is 0 Å². The summed E-state index contributed by atoms with van der Waals surface area (Å²) in [5.74, 6) is 0.824. The van der Waals surface area contributed by atoms with E-state index < -0.39 is 5.60 Å². The number of methoxy groups -OCH3 is 1. The van der Waals surface area contributed by atoms with Gasteiger partial charge >= 0.3 is 0 Å². The maximum absolute atomic E-state index is 11.2. The molecule has 2 aromatic rings. The van der Waals surface area contributed by atoms with Crippen LogP contribution in [0.4, 0.5) is 0 Å². The first kappa shape index (κ1) is 15.8. The van der Waals surface area contributed by atoms with Crippen molar-refractivity contribution in [1.29, 1.82) is 0 Å². The van der Waals surface area contributed by atoms with Crippen LogP contribution in [0.1, 0.15) is 49.8 Å². The number of hydrogen-bond acceptors (Lipinski definition) is 2. The molecule has 0 amide bonds. The molecule has 1 N–H and O–H groups in total. The molecular weight excluding hydrogens is 284 g/mol. The Morgan fingerprint density at radius 2 is 1.83 bits per heavy atom. The van der Waals surface area contributed by atoms with Gasteiger partial charge in [0.1, 0.15) is 11.4 Å². The quantitative estimate of drug-likeness (QED) is 0.850. The van der Waals surface area contributed by atoms with E-state index in [0.29, 0.717) is 0 Å². The van der Waals surface area contributed by atoms with Crippen molar-refractivity contribution in [3.05, 3.63) is 70.8 Å². The smallest absolute Gasteiger partial charge is 0.119 e. The van der Waals surface area contributed by atoms with Crippen molar-refractivity contribution in [3.63, 3.8) is 0 Å². The molecule has 0 saturated heterocycles. The Labute approximate surface area is 138 Å². The van der Waals surface area contributed by atoms with E-state index >= 15 is 0 Å². The van der Waals surface area contributed by atoms with Gasteiger partial charge in [0, 0.05) is 0 Å². The summed E-state index contributed by atoms with van der Waals surface area (Å²) in [7, 11) is 1.68. The van der Waals surface area contributed by atoms with Crippen molar-refractivity contribution in [1.82, 2.24) is 0 Å². The predicted octanol–water partition coefficient (Wildman–Crippen LogP) is 4.91. The molecule has 0 saturated carbocycles. The number of benzene rings is 2. The first-order chi connectivity index (χ1) is 11.1. The molecule has 1 unspecified atom stereocenters. The van der Waals surface area contributed by atoms with Gasteiger partial charge in [-0.2, -0.15) is 0 Å². The molecule has 2 nitrogen and oxygen atoms in total. The molecule has 3 rings (SSSR count). The fourth-order valence-electron chi connectivity index (χ4n) is 3.51. The molecule has 23 heavy (non-hydrogen) atoms. The van der Waals surface area contributed by atoms with Gasteiger partial charge in [-0.25, -0.2) is 0 Å².